The van der Waals surface area contributed by atoms with Gasteiger partial charge in [0.15, 0.2) is 0 Å². The van der Waals surface area contributed by atoms with E-state index in [0.29, 0.717) is 6.42 Å². The highest BCUT2D eigenvalue weighted by atomic mass is 79.9. The van der Waals surface area contributed by atoms with Crippen molar-refractivity contribution in [3.05, 3.63) is 34.3 Å². The van der Waals surface area contributed by atoms with Crippen molar-refractivity contribution in [2.24, 2.45) is 0 Å². The van der Waals surface area contributed by atoms with Gasteiger partial charge in [-0.05, 0) is 49.9 Å². The minimum atomic E-state index is -0.691. The fourth-order valence-corrected chi connectivity index (χ4v) is 3.88. The van der Waals surface area contributed by atoms with Gasteiger partial charge in [-0.25, -0.2) is 0 Å². The molecule has 110 valence electrons. The van der Waals surface area contributed by atoms with E-state index in [2.05, 4.69) is 39.9 Å². The molecule has 0 bridgehead atoms. The molecule has 0 amide bonds. The molecule has 0 saturated carbocycles. The van der Waals surface area contributed by atoms with Crippen LogP contribution in [0.2, 0.25) is 0 Å². The second-order valence-corrected chi connectivity index (χ2v) is 6.38. The molecule has 1 aliphatic rings. The first-order chi connectivity index (χ1) is 9.55. The Morgan fingerprint density at radius 3 is 2.80 bits per heavy atom. The molecule has 1 aromatic carbocycles. The van der Waals surface area contributed by atoms with E-state index in [9.17, 15) is 9.90 Å². The number of carboxylic acid groups (broad SMARTS) is 1. The quantitative estimate of drug-likeness (QED) is 0.872. The van der Waals surface area contributed by atoms with Crippen LogP contribution in [0.5, 0.6) is 0 Å². The number of halogens is 1. The van der Waals surface area contributed by atoms with E-state index in [0.717, 1.165) is 30.3 Å². The second-order valence-electron chi connectivity index (χ2n) is 5.47. The maximum atomic E-state index is 11.8. The van der Waals surface area contributed by atoms with Crippen molar-refractivity contribution in [3.8, 4) is 0 Å². The van der Waals surface area contributed by atoms with Gasteiger partial charge in [-0.15, -0.1) is 0 Å². The van der Waals surface area contributed by atoms with Crippen LogP contribution in [0, 0.1) is 0 Å². The maximum absolute atomic E-state index is 11.8. The van der Waals surface area contributed by atoms with Crippen LogP contribution >= 0.6 is 15.9 Å². The first kappa shape index (κ1) is 15.5. The monoisotopic (exact) mass is 339 g/mol. The standard InChI is InChI=1S/C16H22BrNO2/c1-3-14(12-7-5-8-13(17)11-12)18-10-6-9-16(18,4-2)15(19)20/h5,7-8,11,14H,3-4,6,9-10H2,1-2H3,(H,19,20). The van der Waals surface area contributed by atoms with Gasteiger partial charge in [0.1, 0.15) is 5.54 Å². The highest BCUT2D eigenvalue weighted by Crippen LogP contribution is 2.41. The Kier molecular flexibility index (Phi) is 4.86. The zero-order valence-electron chi connectivity index (χ0n) is 12.1. The summed E-state index contributed by atoms with van der Waals surface area (Å²) in [7, 11) is 0. The highest BCUT2D eigenvalue weighted by molar-refractivity contribution is 9.10. The average molecular weight is 340 g/mol. The molecule has 1 aromatic rings. The van der Waals surface area contributed by atoms with Crippen molar-refractivity contribution in [2.75, 3.05) is 6.54 Å². The van der Waals surface area contributed by atoms with Crippen LogP contribution in [0.3, 0.4) is 0 Å². The van der Waals surface area contributed by atoms with Crippen molar-refractivity contribution in [2.45, 2.75) is 51.1 Å². The topological polar surface area (TPSA) is 40.5 Å². The van der Waals surface area contributed by atoms with E-state index >= 15 is 0 Å². The molecule has 0 spiro atoms. The number of hydrogen-bond donors (Lipinski definition) is 1. The summed E-state index contributed by atoms with van der Waals surface area (Å²) in [6, 6.07) is 8.40. The lowest BCUT2D eigenvalue weighted by Crippen LogP contribution is -2.51. The molecule has 1 saturated heterocycles. The number of likely N-dealkylation sites (tertiary alicyclic amines) is 1. The van der Waals surface area contributed by atoms with Crippen molar-refractivity contribution in [3.63, 3.8) is 0 Å². The molecule has 0 aliphatic carbocycles. The van der Waals surface area contributed by atoms with Gasteiger partial charge in [0.2, 0.25) is 0 Å². The summed E-state index contributed by atoms with van der Waals surface area (Å²) in [5.41, 5.74) is 0.506. The molecule has 0 aromatic heterocycles. The molecular formula is C16H22BrNO2. The molecule has 1 N–H and O–H groups in total. The summed E-state index contributed by atoms with van der Waals surface area (Å²) < 4.78 is 1.05. The normalized spacial score (nSPS) is 24.8. The Labute approximate surface area is 129 Å². The Morgan fingerprint density at radius 2 is 2.25 bits per heavy atom. The molecule has 1 heterocycles. The average Bonchev–Trinajstić information content (AvgIpc) is 2.85. The highest BCUT2D eigenvalue weighted by Gasteiger charge is 2.48. The fraction of sp³-hybridized carbons (Fsp3) is 0.562. The number of nitrogens with zero attached hydrogens (tertiary/aromatic N) is 1. The molecule has 2 atom stereocenters. The number of benzene rings is 1. The third-order valence-corrected chi connectivity index (χ3v) is 5.01. The van der Waals surface area contributed by atoms with Gasteiger partial charge >= 0.3 is 5.97 Å². The van der Waals surface area contributed by atoms with Gasteiger partial charge in [0.05, 0.1) is 0 Å². The van der Waals surface area contributed by atoms with Gasteiger partial charge in [-0.3, -0.25) is 9.69 Å². The van der Waals surface area contributed by atoms with Gasteiger partial charge in [0, 0.05) is 10.5 Å². The molecule has 1 fully saturated rings. The van der Waals surface area contributed by atoms with Crippen molar-refractivity contribution in [1.82, 2.24) is 4.90 Å². The molecule has 2 rings (SSSR count). The lowest BCUT2D eigenvalue weighted by molar-refractivity contribution is -0.151. The summed E-state index contributed by atoms with van der Waals surface area (Å²) in [4.78, 5) is 14.0. The van der Waals surface area contributed by atoms with Crippen LogP contribution < -0.4 is 0 Å². The molecular weight excluding hydrogens is 318 g/mol. The third-order valence-electron chi connectivity index (χ3n) is 4.52. The van der Waals surface area contributed by atoms with E-state index in [1.807, 2.05) is 19.1 Å². The Bertz CT molecular complexity index is 491. The maximum Gasteiger partial charge on any atom is 0.324 e. The van der Waals surface area contributed by atoms with Gasteiger partial charge < -0.3 is 5.11 Å². The first-order valence-corrected chi connectivity index (χ1v) is 8.10. The van der Waals surface area contributed by atoms with Crippen LogP contribution in [0.4, 0.5) is 0 Å². The van der Waals surface area contributed by atoms with Crippen LogP contribution in [-0.4, -0.2) is 28.1 Å². The zero-order valence-corrected chi connectivity index (χ0v) is 13.7. The fourth-order valence-electron chi connectivity index (χ4n) is 3.46. The Balaban J connectivity index is 2.38. The first-order valence-electron chi connectivity index (χ1n) is 7.30. The van der Waals surface area contributed by atoms with E-state index in [4.69, 9.17) is 0 Å². The van der Waals surface area contributed by atoms with E-state index in [1.165, 1.54) is 5.56 Å². The Hall–Kier alpha value is -0.870. The SMILES string of the molecule is CCC(c1cccc(Br)c1)N1CCCC1(CC)C(=O)O. The van der Waals surface area contributed by atoms with Crippen LogP contribution in [-0.2, 0) is 4.79 Å². The summed E-state index contributed by atoms with van der Waals surface area (Å²) in [5, 5.41) is 9.73. The predicted molar refractivity (Wildman–Crippen MR) is 83.8 cm³/mol. The van der Waals surface area contributed by atoms with Crippen LogP contribution in [0.25, 0.3) is 0 Å². The lowest BCUT2D eigenvalue weighted by Gasteiger charge is -2.39. The largest absolute Gasteiger partial charge is 0.480 e. The van der Waals surface area contributed by atoms with Crippen LogP contribution in [0.1, 0.15) is 51.1 Å². The van der Waals surface area contributed by atoms with E-state index in [1.54, 1.807) is 0 Å². The summed E-state index contributed by atoms with van der Waals surface area (Å²) in [6.45, 7) is 4.98. The summed E-state index contributed by atoms with van der Waals surface area (Å²) >= 11 is 3.51. The number of carbonyl (C=O) groups is 1. The van der Waals surface area contributed by atoms with Crippen molar-refractivity contribution in [1.29, 1.82) is 0 Å². The van der Waals surface area contributed by atoms with Crippen LogP contribution in [0.15, 0.2) is 28.7 Å². The minimum absolute atomic E-state index is 0.172. The molecule has 20 heavy (non-hydrogen) atoms. The molecule has 1 aliphatic heterocycles. The summed E-state index contributed by atoms with van der Waals surface area (Å²) in [5.74, 6) is -0.675. The van der Waals surface area contributed by atoms with Gasteiger partial charge in [-0.2, -0.15) is 0 Å². The second kappa shape index (κ2) is 6.27. The van der Waals surface area contributed by atoms with Crippen molar-refractivity contribution >= 4 is 21.9 Å². The minimum Gasteiger partial charge on any atom is -0.480 e. The molecule has 2 unspecified atom stereocenters. The number of rotatable bonds is 5. The van der Waals surface area contributed by atoms with Crippen molar-refractivity contribution < 1.29 is 9.90 Å². The zero-order chi connectivity index (χ0) is 14.8. The number of carboxylic acids is 1. The smallest absolute Gasteiger partial charge is 0.324 e. The predicted octanol–water partition coefficient (Wildman–Crippen LogP) is 4.23. The van der Waals surface area contributed by atoms with Gasteiger partial charge in [0.25, 0.3) is 0 Å². The molecule has 0 radical (unpaired) electrons. The van der Waals surface area contributed by atoms with E-state index < -0.39 is 11.5 Å². The summed E-state index contributed by atoms with van der Waals surface area (Å²) in [6.07, 6.45) is 3.30. The Morgan fingerprint density at radius 1 is 1.50 bits per heavy atom. The number of hydrogen-bond acceptors (Lipinski definition) is 2. The third kappa shape index (κ3) is 2.63. The molecule has 4 heteroatoms. The van der Waals surface area contributed by atoms with Gasteiger partial charge in [-0.1, -0.05) is 41.9 Å². The lowest BCUT2D eigenvalue weighted by atomic mass is 9.90. The van der Waals surface area contributed by atoms with E-state index in [-0.39, 0.29) is 6.04 Å². The number of aliphatic carboxylic acids is 1. The molecule has 3 nitrogen and oxygen atoms in total.